The van der Waals surface area contributed by atoms with Crippen molar-refractivity contribution in [3.63, 3.8) is 0 Å². The Morgan fingerprint density at radius 1 is 1.09 bits per heavy atom. The monoisotopic (exact) mass is 464 g/mol. The first-order chi connectivity index (χ1) is 15.6. The number of carboxylic acid groups (broad SMARTS) is 1. The fourth-order valence-corrected chi connectivity index (χ4v) is 4.57. The molecule has 3 aromatic heterocycles. The molecule has 0 saturated heterocycles. The van der Waals surface area contributed by atoms with Crippen LogP contribution in [0.5, 0.6) is 5.75 Å². The van der Waals surface area contributed by atoms with E-state index in [2.05, 4.69) is 5.16 Å². The smallest absolute Gasteiger partial charge is 0.352 e. The SMILES string of the molecule is O=C(O)c1cc2c(OCc3ccccc3)cccc2n1Cc1cc(-c2ccc(Cl)s2)on1. The van der Waals surface area contributed by atoms with Gasteiger partial charge in [-0.1, -0.05) is 53.2 Å². The quantitative estimate of drug-likeness (QED) is 0.304. The van der Waals surface area contributed by atoms with E-state index in [0.717, 1.165) is 21.3 Å². The van der Waals surface area contributed by atoms with E-state index in [4.69, 9.17) is 20.9 Å². The van der Waals surface area contributed by atoms with E-state index in [-0.39, 0.29) is 12.2 Å². The van der Waals surface area contributed by atoms with Crippen LogP contribution in [0.4, 0.5) is 0 Å². The molecule has 0 unspecified atom stereocenters. The van der Waals surface area contributed by atoms with Crippen molar-refractivity contribution in [3.05, 3.63) is 94.1 Å². The van der Waals surface area contributed by atoms with Crippen molar-refractivity contribution in [1.29, 1.82) is 0 Å². The number of benzene rings is 2. The van der Waals surface area contributed by atoms with Gasteiger partial charge in [-0.05, 0) is 35.9 Å². The molecule has 2 aromatic carbocycles. The minimum Gasteiger partial charge on any atom is -0.488 e. The van der Waals surface area contributed by atoms with E-state index in [1.165, 1.54) is 11.3 Å². The molecule has 8 heteroatoms. The summed E-state index contributed by atoms with van der Waals surface area (Å²) in [6.07, 6.45) is 0. The fourth-order valence-electron chi connectivity index (χ4n) is 3.58. The summed E-state index contributed by atoms with van der Waals surface area (Å²) in [4.78, 5) is 12.8. The second-order valence-electron chi connectivity index (χ2n) is 7.17. The minimum absolute atomic E-state index is 0.152. The van der Waals surface area contributed by atoms with Gasteiger partial charge in [0.1, 0.15) is 23.7 Å². The Kier molecular flexibility index (Phi) is 5.43. The zero-order valence-electron chi connectivity index (χ0n) is 16.7. The molecule has 0 aliphatic carbocycles. The largest absolute Gasteiger partial charge is 0.488 e. The van der Waals surface area contributed by atoms with Gasteiger partial charge in [-0.25, -0.2) is 4.79 Å². The highest BCUT2D eigenvalue weighted by atomic mass is 35.5. The molecule has 160 valence electrons. The number of aromatic nitrogens is 2. The summed E-state index contributed by atoms with van der Waals surface area (Å²) in [6, 6.07) is 22.5. The zero-order chi connectivity index (χ0) is 22.1. The van der Waals surface area contributed by atoms with Crippen LogP contribution in [0, 0.1) is 0 Å². The highest BCUT2D eigenvalue weighted by Crippen LogP contribution is 2.33. The van der Waals surface area contributed by atoms with E-state index in [9.17, 15) is 9.90 Å². The van der Waals surface area contributed by atoms with Crippen LogP contribution in [-0.4, -0.2) is 20.8 Å². The van der Waals surface area contributed by atoms with Gasteiger partial charge < -0.3 is 18.9 Å². The lowest BCUT2D eigenvalue weighted by Gasteiger charge is -2.09. The number of hydrogen-bond donors (Lipinski definition) is 1. The second-order valence-corrected chi connectivity index (χ2v) is 8.89. The van der Waals surface area contributed by atoms with Crippen molar-refractivity contribution in [2.75, 3.05) is 0 Å². The van der Waals surface area contributed by atoms with E-state index in [1.54, 1.807) is 22.8 Å². The van der Waals surface area contributed by atoms with Crippen LogP contribution in [0.3, 0.4) is 0 Å². The molecular formula is C24H17ClN2O4S. The Morgan fingerprint density at radius 3 is 2.69 bits per heavy atom. The molecule has 5 rings (SSSR count). The summed E-state index contributed by atoms with van der Waals surface area (Å²) in [5.74, 6) is 0.197. The predicted octanol–water partition coefficient (Wildman–Crippen LogP) is 6.34. The molecule has 6 nitrogen and oxygen atoms in total. The highest BCUT2D eigenvalue weighted by molar-refractivity contribution is 7.19. The first kappa shape index (κ1) is 20.4. The van der Waals surface area contributed by atoms with Crippen molar-refractivity contribution in [3.8, 4) is 16.4 Å². The van der Waals surface area contributed by atoms with E-state index < -0.39 is 5.97 Å². The van der Waals surface area contributed by atoms with Crippen molar-refractivity contribution in [2.24, 2.45) is 0 Å². The molecular weight excluding hydrogens is 448 g/mol. The second kappa shape index (κ2) is 8.53. The number of thiophene rings is 1. The van der Waals surface area contributed by atoms with Gasteiger partial charge in [-0.15, -0.1) is 11.3 Å². The minimum atomic E-state index is -1.02. The molecule has 0 aliphatic heterocycles. The van der Waals surface area contributed by atoms with Crippen LogP contribution in [0.25, 0.3) is 21.5 Å². The lowest BCUT2D eigenvalue weighted by molar-refractivity contribution is 0.0686. The van der Waals surface area contributed by atoms with E-state index in [0.29, 0.717) is 28.1 Å². The van der Waals surface area contributed by atoms with Gasteiger partial charge in [-0.3, -0.25) is 0 Å². The molecule has 0 saturated carbocycles. The number of hydrogen-bond acceptors (Lipinski definition) is 5. The molecule has 0 spiro atoms. The van der Waals surface area contributed by atoms with Crippen LogP contribution < -0.4 is 4.74 Å². The highest BCUT2D eigenvalue weighted by Gasteiger charge is 2.19. The molecule has 5 aromatic rings. The van der Waals surface area contributed by atoms with Crippen LogP contribution >= 0.6 is 22.9 Å². The van der Waals surface area contributed by atoms with Crippen LogP contribution in [-0.2, 0) is 13.2 Å². The summed E-state index contributed by atoms with van der Waals surface area (Å²) in [6.45, 7) is 0.638. The number of carbonyl (C=O) groups is 1. The average Bonchev–Trinajstić information content (AvgIpc) is 3.52. The number of aromatic carboxylic acids is 1. The van der Waals surface area contributed by atoms with Gasteiger partial charge in [0.25, 0.3) is 0 Å². The van der Waals surface area contributed by atoms with Crippen LogP contribution in [0.2, 0.25) is 4.34 Å². The van der Waals surface area contributed by atoms with Gasteiger partial charge in [-0.2, -0.15) is 0 Å². The molecule has 0 radical (unpaired) electrons. The van der Waals surface area contributed by atoms with E-state index >= 15 is 0 Å². The van der Waals surface area contributed by atoms with Crippen molar-refractivity contribution < 1.29 is 19.2 Å². The number of nitrogens with zero attached hydrogens (tertiary/aromatic N) is 2. The standard InChI is InChI=1S/C24H17ClN2O4S/c25-23-10-9-22(32-23)21-11-16(26-31-21)13-27-18-7-4-8-20(17(18)12-19(27)24(28)29)30-14-15-5-2-1-3-6-15/h1-12H,13-14H2,(H,28,29). The number of carboxylic acids is 1. The molecule has 1 N–H and O–H groups in total. The molecule has 0 amide bonds. The van der Waals surface area contributed by atoms with Crippen LogP contribution in [0.15, 0.2) is 77.3 Å². The Hall–Kier alpha value is -3.55. The van der Waals surface area contributed by atoms with Crippen molar-refractivity contribution >= 4 is 39.8 Å². The van der Waals surface area contributed by atoms with Gasteiger partial charge in [0.15, 0.2) is 5.76 Å². The number of ether oxygens (including phenoxy) is 1. The lowest BCUT2D eigenvalue weighted by Crippen LogP contribution is -2.09. The summed E-state index contributed by atoms with van der Waals surface area (Å²) in [5.41, 5.74) is 2.54. The third-order valence-corrected chi connectivity index (χ3v) is 6.30. The van der Waals surface area contributed by atoms with Gasteiger partial charge in [0.05, 0.1) is 21.3 Å². The predicted molar refractivity (Wildman–Crippen MR) is 124 cm³/mol. The third-order valence-electron chi connectivity index (χ3n) is 5.06. The van der Waals surface area contributed by atoms with Gasteiger partial charge in [0.2, 0.25) is 0 Å². The zero-order valence-corrected chi connectivity index (χ0v) is 18.3. The molecule has 32 heavy (non-hydrogen) atoms. The summed E-state index contributed by atoms with van der Waals surface area (Å²) in [7, 11) is 0. The Morgan fingerprint density at radius 2 is 1.94 bits per heavy atom. The molecule has 0 bridgehead atoms. The maximum atomic E-state index is 12.0. The summed E-state index contributed by atoms with van der Waals surface area (Å²) in [5, 5.41) is 14.7. The van der Waals surface area contributed by atoms with E-state index in [1.807, 2.05) is 54.6 Å². The number of rotatable bonds is 7. The maximum absolute atomic E-state index is 12.0. The normalized spacial score (nSPS) is 11.2. The Labute approximate surface area is 192 Å². The number of halogens is 1. The average molecular weight is 465 g/mol. The van der Waals surface area contributed by atoms with Crippen molar-refractivity contribution in [1.82, 2.24) is 9.72 Å². The van der Waals surface area contributed by atoms with Gasteiger partial charge >= 0.3 is 5.97 Å². The molecule has 0 aliphatic rings. The molecule has 3 heterocycles. The fraction of sp³-hybridized carbons (Fsp3) is 0.0833. The van der Waals surface area contributed by atoms with Crippen molar-refractivity contribution in [2.45, 2.75) is 13.2 Å². The topological polar surface area (TPSA) is 77.5 Å². The summed E-state index contributed by atoms with van der Waals surface area (Å²) < 4.78 is 13.8. The Balaban J connectivity index is 1.48. The third kappa shape index (κ3) is 4.00. The first-order valence-electron chi connectivity index (χ1n) is 9.82. The van der Waals surface area contributed by atoms with Crippen LogP contribution in [0.1, 0.15) is 21.7 Å². The maximum Gasteiger partial charge on any atom is 0.352 e. The Bertz CT molecular complexity index is 1400. The first-order valence-corrected chi connectivity index (χ1v) is 11.0. The molecule has 0 fully saturated rings. The van der Waals surface area contributed by atoms with Gasteiger partial charge in [0, 0.05) is 11.5 Å². The number of fused-ring (bicyclic) bond motifs is 1. The summed E-state index contributed by atoms with van der Waals surface area (Å²) >= 11 is 7.40. The molecule has 0 atom stereocenters. The lowest BCUT2D eigenvalue weighted by atomic mass is 10.2.